The first-order valence-electron chi connectivity index (χ1n) is 1.46. The summed E-state index contributed by atoms with van der Waals surface area (Å²) < 4.78 is 32.5. The lowest BCUT2D eigenvalue weighted by atomic mass is 10.7. The van der Waals surface area contributed by atoms with Crippen LogP contribution in [0.25, 0.3) is 0 Å². The van der Waals surface area contributed by atoms with Crippen molar-refractivity contribution in [3.63, 3.8) is 0 Å². The van der Waals surface area contributed by atoms with E-state index < -0.39 is 12.7 Å². The van der Waals surface area contributed by atoms with E-state index in [0.717, 1.165) is 0 Å². The molecule has 1 N–H and O–H groups in total. The fourth-order valence-corrected chi connectivity index (χ4v) is 0.0896. The largest absolute Gasteiger partial charge is 0.409 e. The fraction of sp³-hybridized carbons (Fsp3) is 1.00. The predicted molar refractivity (Wildman–Crippen MR) is 16.1 cm³/mol. The molecular formula is C2H3F3N2. The van der Waals surface area contributed by atoms with Gasteiger partial charge in [0.25, 0.3) is 0 Å². The van der Waals surface area contributed by atoms with E-state index in [4.69, 9.17) is 5.53 Å². The van der Waals surface area contributed by atoms with Crippen molar-refractivity contribution in [1.29, 1.82) is 5.53 Å². The van der Waals surface area contributed by atoms with E-state index in [1.54, 1.807) is 0 Å². The third kappa shape index (κ3) is 5.39. The van der Waals surface area contributed by atoms with Gasteiger partial charge in [0, 0.05) is 0 Å². The molecule has 0 radical (unpaired) electrons. The third-order valence-corrected chi connectivity index (χ3v) is 0.258. The van der Waals surface area contributed by atoms with E-state index in [9.17, 15) is 13.2 Å². The Morgan fingerprint density at radius 3 is 1.86 bits per heavy atom. The second-order valence-electron chi connectivity index (χ2n) is 0.931. The molecular weight excluding hydrogens is 109 g/mol. The molecule has 0 aromatic carbocycles. The highest BCUT2D eigenvalue weighted by Gasteiger charge is 2.26. The molecule has 0 atom stereocenters. The Hall–Kier alpha value is -0.610. The number of rotatable bonds is 1. The summed E-state index contributed by atoms with van der Waals surface area (Å²) in [6, 6.07) is 0. The zero-order chi connectivity index (χ0) is 5.91. The van der Waals surface area contributed by atoms with Crippen LogP contribution < -0.4 is 0 Å². The Bertz CT molecular complexity index is 65.8. The van der Waals surface area contributed by atoms with Gasteiger partial charge in [-0.15, -0.1) is 0 Å². The summed E-state index contributed by atoms with van der Waals surface area (Å²) >= 11 is 0. The van der Waals surface area contributed by atoms with Gasteiger partial charge >= 0.3 is 6.18 Å². The van der Waals surface area contributed by atoms with Crippen molar-refractivity contribution < 1.29 is 13.2 Å². The molecule has 0 rings (SSSR count). The Morgan fingerprint density at radius 1 is 1.43 bits per heavy atom. The highest BCUT2D eigenvalue weighted by Crippen LogP contribution is 2.13. The van der Waals surface area contributed by atoms with Crippen LogP contribution in [0.5, 0.6) is 0 Å². The molecule has 2 nitrogen and oxygen atoms in total. The van der Waals surface area contributed by atoms with Crippen LogP contribution in [-0.2, 0) is 0 Å². The lowest BCUT2D eigenvalue weighted by Gasteiger charge is -1.96. The third-order valence-electron chi connectivity index (χ3n) is 0.258. The molecule has 42 valence electrons. The van der Waals surface area contributed by atoms with Crippen molar-refractivity contribution in [2.24, 2.45) is 5.11 Å². The van der Waals surface area contributed by atoms with Crippen LogP contribution in [0, 0.1) is 5.53 Å². The van der Waals surface area contributed by atoms with Gasteiger partial charge in [-0.1, -0.05) is 0 Å². The van der Waals surface area contributed by atoms with Gasteiger partial charge < -0.3 is 0 Å². The van der Waals surface area contributed by atoms with E-state index in [0.29, 0.717) is 0 Å². The topological polar surface area (TPSA) is 36.2 Å². The molecule has 0 saturated heterocycles. The molecule has 5 heteroatoms. The Labute approximate surface area is 37.8 Å². The van der Waals surface area contributed by atoms with E-state index in [1.807, 2.05) is 0 Å². The molecule has 0 aliphatic heterocycles. The average molecular weight is 112 g/mol. The number of alkyl halides is 3. The van der Waals surface area contributed by atoms with Gasteiger partial charge in [0.2, 0.25) is 0 Å². The lowest BCUT2D eigenvalue weighted by molar-refractivity contribution is -0.119. The smallest absolute Gasteiger partial charge is 0.210 e. The van der Waals surface area contributed by atoms with Gasteiger partial charge in [0.15, 0.2) is 6.54 Å². The van der Waals surface area contributed by atoms with E-state index >= 15 is 0 Å². The van der Waals surface area contributed by atoms with Gasteiger partial charge in [-0.2, -0.15) is 18.3 Å². The van der Waals surface area contributed by atoms with Crippen LogP contribution in [0.2, 0.25) is 0 Å². The number of hydrogen-bond donors (Lipinski definition) is 1. The first kappa shape index (κ1) is 6.39. The Morgan fingerprint density at radius 2 is 1.86 bits per heavy atom. The fourth-order valence-electron chi connectivity index (χ4n) is 0.0896. The second-order valence-corrected chi connectivity index (χ2v) is 0.931. The van der Waals surface area contributed by atoms with Crippen LogP contribution >= 0.6 is 0 Å². The molecule has 0 spiro atoms. The maximum Gasteiger partial charge on any atom is 0.409 e. The number of nitrogens with zero attached hydrogens (tertiary/aromatic N) is 1. The highest BCUT2D eigenvalue weighted by atomic mass is 19.4. The number of nitrogens with one attached hydrogen (secondary N) is 1. The van der Waals surface area contributed by atoms with Gasteiger partial charge in [-0.05, 0) is 0 Å². The van der Waals surface area contributed by atoms with Gasteiger partial charge in [-0.3, -0.25) is 0 Å². The maximum absolute atomic E-state index is 10.8. The predicted octanol–water partition coefficient (Wildman–Crippen LogP) is 1.58. The molecule has 0 unspecified atom stereocenters. The van der Waals surface area contributed by atoms with E-state index in [2.05, 4.69) is 5.11 Å². The quantitative estimate of drug-likeness (QED) is 0.500. The first-order chi connectivity index (χ1) is 3.06. The number of hydrogen-bond acceptors (Lipinski definition) is 2. The second kappa shape index (κ2) is 1.90. The molecule has 0 amide bonds. The van der Waals surface area contributed by atoms with Crippen molar-refractivity contribution in [2.75, 3.05) is 6.54 Å². The molecule has 0 aliphatic rings. The van der Waals surface area contributed by atoms with Crippen molar-refractivity contribution >= 4 is 0 Å². The summed E-state index contributed by atoms with van der Waals surface area (Å²) in [5, 5.41) is 2.13. The van der Waals surface area contributed by atoms with E-state index in [1.165, 1.54) is 0 Å². The summed E-state index contributed by atoms with van der Waals surface area (Å²) in [5.41, 5.74) is 5.76. The maximum atomic E-state index is 10.8. The summed E-state index contributed by atoms with van der Waals surface area (Å²) in [6.07, 6.45) is -4.30. The summed E-state index contributed by atoms with van der Waals surface area (Å²) in [4.78, 5) is 0. The van der Waals surface area contributed by atoms with Crippen LogP contribution in [0.15, 0.2) is 5.11 Å². The molecule has 7 heavy (non-hydrogen) atoms. The summed E-state index contributed by atoms with van der Waals surface area (Å²) in [5.74, 6) is 0. The lowest BCUT2D eigenvalue weighted by Crippen LogP contribution is -2.10. The monoisotopic (exact) mass is 112 g/mol. The molecule has 0 fully saturated rings. The molecule has 0 bridgehead atoms. The van der Waals surface area contributed by atoms with Crippen LogP contribution in [0.1, 0.15) is 0 Å². The zero-order valence-corrected chi connectivity index (χ0v) is 3.29. The van der Waals surface area contributed by atoms with Crippen molar-refractivity contribution in [2.45, 2.75) is 6.18 Å². The van der Waals surface area contributed by atoms with Crippen LogP contribution in [-0.4, -0.2) is 12.7 Å². The van der Waals surface area contributed by atoms with Gasteiger partial charge in [0.05, 0.1) is 0 Å². The van der Waals surface area contributed by atoms with E-state index in [-0.39, 0.29) is 0 Å². The Balaban J connectivity index is 3.34. The molecule has 0 aliphatic carbocycles. The van der Waals surface area contributed by atoms with Crippen molar-refractivity contribution in [3.8, 4) is 0 Å². The minimum absolute atomic E-state index is 1.37. The molecule has 0 saturated carbocycles. The van der Waals surface area contributed by atoms with Crippen molar-refractivity contribution in [1.82, 2.24) is 0 Å². The van der Waals surface area contributed by atoms with Crippen molar-refractivity contribution in [3.05, 3.63) is 0 Å². The summed E-state index contributed by atoms with van der Waals surface area (Å²) in [7, 11) is 0. The minimum atomic E-state index is -4.30. The highest BCUT2D eigenvalue weighted by molar-refractivity contribution is 4.47. The molecule has 0 aromatic rings. The van der Waals surface area contributed by atoms with Gasteiger partial charge in [0.1, 0.15) is 0 Å². The summed E-state index contributed by atoms with van der Waals surface area (Å²) in [6.45, 7) is -1.37. The Kier molecular flexibility index (Phi) is 1.74. The average Bonchev–Trinajstić information content (AvgIpc) is 1.30. The standard InChI is InChI=1S/C2H3F3N2/c3-2(4,5)1-7-6/h6H,1H2. The molecule has 0 heterocycles. The zero-order valence-electron chi connectivity index (χ0n) is 3.29. The SMILES string of the molecule is N=NCC(F)(F)F. The van der Waals surface area contributed by atoms with Crippen LogP contribution in [0.4, 0.5) is 13.2 Å². The first-order valence-corrected chi connectivity index (χ1v) is 1.46. The normalized spacial score (nSPS) is 11.3. The number of halogens is 3. The van der Waals surface area contributed by atoms with Gasteiger partial charge in [-0.25, -0.2) is 5.53 Å². The van der Waals surface area contributed by atoms with Crippen LogP contribution in [0.3, 0.4) is 0 Å². The molecule has 0 aromatic heterocycles. The minimum Gasteiger partial charge on any atom is -0.210 e.